The minimum Gasteiger partial charge on any atom is -0.411 e. The molecule has 1 heterocycles. The maximum Gasteiger partial charge on any atom is 0.0888 e. The fourth-order valence-electron chi connectivity index (χ4n) is 2.23. The highest BCUT2D eigenvalue weighted by atomic mass is 16.4. The van der Waals surface area contributed by atoms with Crippen molar-refractivity contribution in [2.24, 2.45) is 5.16 Å². The molecule has 2 rings (SSSR count). The summed E-state index contributed by atoms with van der Waals surface area (Å²) < 4.78 is 0. The predicted molar refractivity (Wildman–Crippen MR) is 66.5 cm³/mol. The Balaban J connectivity index is 2.43. The van der Waals surface area contributed by atoms with Crippen LogP contribution < -0.4 is 4.90 Å². The third-order valence-corrected chi connectivity index (χ3v) is 3.15. The van der Waals surface area contributed by atoms with Gasteiger partial charge in [0.05, 0.1) is 5.71 Å². The summed E-state index contributed by atoms with van der Waals surface area (Å²) >= 11 is 0. The smallest absolute Gasteiger partial charge is 0.0888 e. The molecule has 0 unspecified atom stereocenters. The van der Waals surface area contributed by atoms with Crippen LogP contribution in [-0.4, -0.2) is 24.5 Å². The Labute approximate surface area is 96.4 Å². The normalized spacial score (nSPS) is 19.8. The molecule has 3 heteroatoms. The van der Waals surface area contributed by atoms with Crippen LogP contribution in [0.2, 0.25) is 0 Å². The Morgan fingerprint density at radius 2 is 2.00 bits per heavy atom. The summed E-state index contributed by atoms with van der Waals surface area (Å²) in [6, 6.07) is 8.15. The van der Waals surface area contributed by atoms with Crippen LogP contribution in [0.5, 0.6) is 0 Å². The molecule has 0 bridgehead atoms. The third-order valence-electron chi connectivity index (χ3n) is 3.15. The predicted octanol–water partition coefficient (Wildman–Crippen LogP) is 2.88. The van der Waals surface area contributed by atoms with Gasteiger partial charge in [-0.05, 0) is 25.3 Å². The molecule has 0 fully saturated rings. The highest BCUT2D eigenvalue weighted by molar-refractivity contribution is 6.04. The van der Waals surface area contributed by atoms with E-state index >= 15 is 0 Å². The fraction of sp³-hybridized carbons (Fsp3) is 0.462. The van der Waals surface area contributed by atoms with Crippen LogP contribution in [0.3, 0.4) is 0 Å². The highest BCUT2D eigenvalue weighted by Gasteiger charge is 2.14. The van der Waals surface area contributed by atoms with E-state index < -0.39 is 0 Å². The van der Waals surface area contributed by atoms with E-state index in [1.807, 2.05) is 18.2 Å². The Hall–Kier alpha value is -1.51. The summed E-state index contributed by atoms with van der Waals surface area (Å²) in [5.41, 5.74) is 3.04. The lowest BCUT2D eigenvalue weighted by Crippen LogP contribution is -2.20. The van der Waals surface area contributed by atoms with Crippen LogP contribution in [0.4, 0.5) is 5.69 Å². The van der Waals surface area contributed by atoms with Gasteiger partial charge in [0.25, 0.3) is 0 Å². The molecule has 0 saturated carbocycles. The van der Waals surface area contributed by atoms with E-state index in [2.05, 4.69) is 23.2 Å². The van der Waals surface area contributed by atoms with E-state index in [-0.39, 0.29) is 0 Å². The number of para-hydroxylation sites is 1. The number of anilines is 1. The summed E-state index contributed by atoms with van der Waals surface area (Å²) in [6.07, 6.45) is 4.35. The average Bonchev–Trinajstić information content (AvgIpc) is 2.40. The molecule has 0 radical (unpaired) electrons. The molecule has 0 aliphatic carbocycles. The molecule has 1 aliphatic heterocycles. The van der Waals surface area contributed by atoms with E-state index in [0.717, 1.165) is 36.3 Å². The first kappa shape index (κ1) is 11.0. The van der Waals surface area contributed by atoms with Gasteiger partial charge in [0, 0.05) is 24.8 Å². The van der Waals surface area contributed by atoms with E-state index in [1.54, 1.807) is 0 Å². The van der Waals surface area contributed by atoms with Crippen LogP contribution in [0.1, 0.15) is 31.2 Å². The first-order valence-corrected chi connectivity index (χ1v) is 5.84. The standard InChI is InChI=1S/C13H18N2O/c1-15-10-6-2-3-8-12(14-16)11-7-4-5-9-13(11)15/h4-5,7,9,16H,2-3,6,8,10H2,1H3/b14-12+. The van der Waals surface area contributed by atoms with Crippen molar-refractivity contribution in [1.29, 1.82) is 0 Å². The van der Waals surface area contributed by atoms with Crippen LogP contribution in [0.25, 0.3) is 0 Å². The van der Waals surface area contributed by atoms with Crippen molar-refractivity contribution in [3.63, 3.8) is 0 Å². The van der Waals surface area contributed by atoms with E-state index in [4.69, 9.17) is 5.21 Å². The largest absolute Gasteiger partial charge is 0.411 e. The van der Waals surface area contributed by atoms with Crippen molar-refractivity contribution in [2.45, 2.75) is 25.7 Å². The molecular weight excluding hydrogens is 200 g/mol. The Morgan fingerprint density at radius 3 is 2.81 bits per heavy atom. The van der Waals surface area contributed by atoms with Crippen molar-refractivity contribution in [3.05, 3.63) is 29.8 Å². The number of hydrogen-bond donors (Lipinski definition) is 1. The topological polar surface area (TPSA) is 35.8 Å². The molecule has 1 aromatic rings. The first-order chi connectivity index (χ1) is 7.83. The summed E-state index contributed by atoms with van der Waals surface area (Å²) in [4.78, 5) is 2.24. The van der Waals surface area contributed by atoms with Gasteiger partial charge in [-0.25, -0.2) is 0 Å². The second kappa shape index (κ2) is 5.01. The maximum atomic E-state index is 9.10. The van der Waals surface area contributed by atoms with Crippen LogP contribution in [-0.2, 0) is 0 Å². The SMILES string of the molecule is CN1CCCCC/C(=N\O)c2ccccc21. The van der Waals surface area contributed by atoms with E-state index in [0.29, 0.717) is 0 Å². The van der Waals surface area contributed by atoms with Crippen molar-refractivity contribution in [3.8, 4) is 0 Å². The van der Waals surface area contributed by atoms with Gasteiger partial charge in [0.2, 0.25) is 0 Å². The zero-order valence-corrected chi connectivity index (χ0v) is 9.69. The molecule has 0 atom stereocenters. The molecule has 0 amide bonds. The van der Waals surface area contributed by atoms with Crippen molar-refractivity contribution < 1.29 is 5.21 Å². The monoisotopic (exact) mass is 218 g/mol. The van der Waals surface area contributed by atoms with Gasteiger partial charge in [-0.3, -0.25) is 0 Å². The van der Waals surface area contributed by atoms with Crippen LogP contribution in [0.15, 0.2) is 29.4 Å². The molecule has 1 N–H and O–H groups in total. The molecule has 1 aromatic carbocycles. The number of oxime groups is 1. The second-order valence-corrected chi connectivity index (χ2v) is 4.30. The van der Waals surface area contributed by atoms with E-state index in [9.17, 15) is 0 Å². The lowest BCUT2D eigenvalue weighted by molar-refractivity contribution is 0.318. The molecule has 0 aromatic heterocycles. The molecule has 86 valence electrons. The number of benzene rings is 1. The third kappa shape index (κ3) is 2.18. The van der Waals surface area contributed by atoms with Crippen molar-refractivity contribution in [2.75, 3.05) is 18.5 Å². The summed E-state index contributed by atoms with van der Waals surface area (Å²) in [5.74, 6) is 0. The Kier molecular flexibility index (Phi) is 3.44. The Bertz CT molecular complexity index is 387. The van der Waals surface area contributed by atoms with Gasteiger partial charge < -0.3 is 10.1 Å². The lowest BCUT2D eigenvalue weighted by atomic mass is 10.0. The summed E-state index contributed by atoms with van der Waals surface area (Å²) in [5, 5.41) is 12.6. The average molecular weight is 218 g/mol. The number of hydrogen-bond acceptors (Lipinski definition) is 3. The van der Waals surface area contributed by atoms with Crippen LogP contribution >= 0.6 is 0 Å². The van der Waals surface area contributed by atoms with Crippen molar-refractivity contribution >= 4 is 11.4 Å². The molecule has 1 aliphatic rings. The fourth-order valence-corrected chi connectivity index (χ4v) is 2.23. The second-order valence-electron chi connectivity index (χ2n) is 4.30. The molecule has 16 heavy (non-hydrogen) atoms. The maximum absolute atomic E-state index is 9.10. The Morgan fingerprint density at radius 1 is 1.19 bits per heavy atom. The summed E-state index contributed by atoms with van der Waals surface area (Å²) in [6.45, 7) is 1.07. The molecule has 0 saturated heterocycles. The van der Waals surface area contributed by atoms with Gasteiger partial charge in [0.15, 0.2) is 0 Å². The van der Waals surface area contributed by atoms with Gasteiger partial charge in [0.1, 0.15) is 0 Å². The minimum atomic E-state index is 0.810. The molecule has 3 nitrogen and oxygen atoms in total. The molecular formula is C13H18N2O. The quantitative estimate of drug-likeness (QED) is 0.537. The molecule has 0 spiro atoms. The first-order valence-electron chi connectivity index (χ1n) is 5.84. The minimum absolute atomic E-state index is 0.810. The van der Waals surface area contributed by atoms with E-state index in [1.165, 1.54) is 12.8 Å². The zero-order chi connectivity index (χ0) is 11.4. The number of rotatable bonds is 0. The van der Waals surface area contributed by atoms with Gasteiger partial charge >= 0.3 is 0 Å². The van der Waals surface area contributed by atoms with Crippen molar-refractivity contribution in [1.82, 2.24) is 0 Å². The van der Waals surface area contributed by atoms with Crippen LogP contribution in [0, 0.1) is 0 Å². The lowest BCUT2D eigenvalue weighted by Gasteiger charge is -2.21. The van der Waals surface area contributed by atoms with Gasteiger partial charge in [-0.15, -0.1) is 0 Å². The van der Waals surface area contributed by atoms with Gasteiger partial charge in [-0.1, -0.05) is 29.8 Å². The number of fused-ring (bicyclic) bond motifs is 1. The summed E-state index contributed by atoms with van der Waals surface area (Å²) in [7, 11) is 2.10. The number of nitrogens with zero attached hydrogens (tertiary/aromatic N) is 2. The highest BCUT2D eigenvalue weighted by Crippen LogP contribution is 2.24. The van der Waals surface area contributed by atoms with Gasteiger partial charge in [-0.2, -0.15) is 0 Å². The zero-order valence-electron chi connectivity index (χ0n) is 9.69.